The molecule has 1 fully saturated rings. The van der Waals surface area contributed by atoms with E-state index >= 15 is 0 Å². The van der Waals surface area contributed by atoms with E-state index in [-0.39, 0.29) is 18.0 Å². The number of carbonyl (C=O) groups is 1. The van der Waals surface area contributed by atoms with Gasteiger partial charge in [0.15, 0.2) is 0 Å². The Morgan fingerprint density at radius 1 is 1.75 bits per heavy atom. The molecular weight excluding hydrogens is 267 g/mol. The Hall–Kier alpha value is -0.0600. The van der Waals surface area contributed by atoms with Crippen molar-refractivity contribution >= 4 is 28.6 Å². The molecule has 0 radical (unpaired) electrons. The normalized spacial score (nSPS) is 29.7. The zero-order valence-corrected chi connectivity index (χ0v) is 9.28. The van der Waals surface area contributed by atoms with Gasteiger partial charge < -0.3 is 4.74 Å². The molecule has 2 nitrogen and oxygen atoms in total. The van der Waals surface area contributed by atoms with Gasteiger partial charge in [-0.05, 0) is 19.8 Å². The van der Waals surface area contributed by atoms with Gasteiger partial charge in [0.1, 0.15) is 6.10 Å². The van der Waals surface area contributed by atoms with Gasteiger partial charge in [0.05, 0.1) is 5.92 Å². The van der Waals surface area contributed by atoms with E-state index in [2.05, 4.69) is 22.6 Å². The van der Waals surface area contributed by atoms with Gasteiger partial charge >= 0.3 is 5.97 Å². The second-order valence-electron chi connectivity index (χ2n) is 2.95. The molecule has 68 valence electrons. The average molecular weight is 280 g/mol. The molecule has 1 aliphatic rings. The second-order valence-corrected chi connectivity index (χ2v) is 3.83. The van der Waals surface area contributed by atoms with Crippen LogP contribution < -0.4 is 0 Å². The summed E-state index contributed by atoms with van der Waals surface area (Å²) in [4.78, 5) is 11.2. The molecule has 0 aliphatic carbocycles. The molecule has 0 unspecified atom stereocenters. The predicted octanol–water partition coefficient (Wildman–Crippen LogP) is 2.32. The van der Waals surface area contributed by atoms with E-state index in [0.717, 1.165) is 17.3 Å². The number of cyclic esters (lactones) is 1. The second kappa shape index (κ2) is 4.84. The minimum absolute atomic E-state index is 0.0187. The van der Waals surface area contributed by atoms with Crippen LogP contribution in [0, 0.1) is 5.92 Å². The molecule has 2 atom stereocenters. The van der Waals surface area contributed by atoms with Crippen molar-refractivity contribution in [1.29, 1.82) is 0 Å². The molecule has 0 saturated carbocycles. The molecule has 1 heterocycles. The largest absolute Gasteiger partial charge is 0.461 e. The van der Waals surface area contributed by atoms with E-state index in [1.807, 2.05) is 19.1 Å². The topological polar surface area (TPSA) is 26.3 Å². The SMILES string of the molecule is C/C=C/C[C@@H]1C[C@@H](CI)OC1=O. The summed E-state index contributed by atoms with van der Waals surface area (Å²) in [7, 11) is 0. The van der Waals surface area contributed by atoms with Crippen LogP contribution in [0.15, 0.2) is 12.2 Å². The van der Waals surface area contributed by atoms with E-state index in [0.29, 0.717) is 0 Å². The maximum atomic E-state index is 11.2. The summed E-state index contributed by atoms with van der Waals surface area (Å²) in [5, 5.41) is 0. The van der Waals surface area contributed by atoms with E-state index in [9.17, 15) is 4.79 Å². The van der Waals surface area contributed by atoms with E-state index in [4.69, 9.17) is 4.74 Å². The standard InChI is InChI=1S/C9H13IO2/c1-2-3-4-7-5-8(6-10)12-9(7)11/h2-3,7-8H,4-6H2,1H3/b3-2+/t7-,8+/m1/s1. The molecule has 0 N–H and O–H groups in total. The third-order valence-corrected chi connectivity index (χ3v) is 2.97. The molecule has 0 spiro atoms. The van der Waals surface area contributed by atoms with Crippen LogP contribution in [-0.2, 0) is 9.53 Å². The first-order chi connectivity index (χ1) is 5.77. The maximum Gasteiger partial charge on any atom is 0.309 e. The number of esters is 1. The van der Waals surface area contributed by atoms with E-state index in [1.165, 1.54) is 0 Å². The number of halogens is 1. The summed E-state index contributed by atoms with van der Waals surface area (Å²) in [5.41, 5.74) is 0. The Labute approximate surface area is 86.5 Å². The van der Waals surface area contributed by atoms with Crippen molar-refractivity contribution in [3.8, 4) is 0 Å². The van der Waals surface area contributed by atoms with Crippen LogP contribution in [0.4, 0.5) is 0 Å². The number of ether oxygens (including phenoxy) is 1. The third-order valence-electron chi connectivity index (χ3n) is 1.99. The van der Waals surface area contributed by atoms with Gasteiger partial charge in [-0.25, -0.2) is 0 Å². The third kappa shape index (κ3) is 2.47. The van der Waals surface area contributed by atoms with Crippen molar-refractivity contribution in [3.63, 3.8) is 0 Å². The van der Waals surface area contributed by atoms with Crippen LogP contribution in [0.5, 0.6) is 0 Å². The first-order valence-corrected chi connectivity index (χ1v) is 5.68. The van der Waals surface area contributed by atoms with Crippen molar-refractivity contribution in [2.24, 2.45) is 5.92 Å². The predicted molar refractivity (Wildman–Crippen MR) is 56.3 cm³/mol. The minimum Gasteiger partial charge on any atom is -0.461 e. The lowest BCUT2D eigenvalue weighted by Crippen LogP contribution is -2.07. The lowest BCUT2D eigenvalue weighted by molar-refractivity contribution is -0.143. The van der Waals surface area contributed by atoms with Crippen LogP contribution in [0.25, 0.3) is 0 Å². The van der Waals surface area contributed by atoms with E-state index in [1.54, 1.807) is 0 Å². The van der Waals surface area contributed by atoms with Gasteiger partial charge in [0.25, 0.3) is 0 Å². The summed E-state index contributed by atoms with van der Waals surface area (Å²) in [5.74, 6) is 0.0933. The number of alkyl halides is 1. The zero-order valence-electron chi connectivity index (χ0n) is 7.13. The van der Waals surface area contributed by atoms with Crippen molar-refractivity contribution in [2.45, 2.75) is 25.9 Å². The molecule has 0 aromatic rings. The highest BCUT2D eigenvalue weighted by atomic mass is 127. The lowest BCUT2D eigenvalue weighted by Gasteiger charge is -2.00. The first-order valence-electron chi connectivity index (χ1n) is 4.15. The van der Waals surface area contributed by atoms with Gasteiger partial charge in [0.2, 0.25) is 0 Å². The van der Waals surface area contributed by atoms with Crippen molar-refractivity contribution in [1.82, 2.24) is 0 Å². The van der Waals surface area contributed by atoms with Gasteiger partial charge in [-0.1, -0.05) is 34.7 Å². The Kier molecular flexibility index (Phi) is 4.05. The molecule has 12 heavy (non-hydrogen) atoms. The van der Waals surface area contributed by atoms with Crippen LogP contribution in [0.2, 0.25) is 0 Å². The quantitative estimate of drug-likeness (QED) is 0.343. The number of hydrogen-bond donors (Lipinski definition) is 0. The van der Waals surface area contributed by atoms with E-state index < -0.39 is 0 Å². The molecule has 1 rings (SSSR count). The van der Waals surface area contributed by atoms with Crippen molar-refractivity contribution in [2.75, 3.05) is 4.43 Å². The molecule has 0 bridgehead atoms. The Balaban J connectivity index is 2.41. The Morgan fingerprint density at radius 2 is 2.50 bits per heavy atom. The summed E-state index contributed by atoms with van der Waals surface area (Å²) in [6, 6.07) is 0. The monoisotopic (exact) mass is 280 g/mol. The van der Waals surface area contributed by atoms with Crippen molar-refractivity contribution in [3.05, 3.63) is 12.2 Å². The van der Waals surface area contributed by atoms with Crippen LogP contribution >= 0.6 is 22.6 Å². The highest BCUT2D eigenvalue weighted by Gasteiger charge is 2.32. The van der Waals surface area contributed by atoms with Gasteiger partial charge in [0, 0.05) is 4.43 Å². The number of carbonyl (C=O) groups excluding carboxylic acids is 1. The number of rotatable bonds is 3. The van der Waals surface area contributed by atoms with Crippen LogP contribution in [0.1, 0.15) is 19.8 Å². The van der Waals surface area contributed by atoms with Crippen molar-refractivity contribution < 1.29 is 9.53 Å². The molecule has 3 heteroatoms. The summed E-state index contributed by atoms with van der Waals surface area (Å²) in [6.07, 6.45) is 5.90. The summed E-state index contributed by atoms with van der Waals surface area (Å²) < 4.78 is 6.05. The fraction of sp³-hybridized carbons (Fsp3) is 0.667. The zero-order chi connectivity index (χ0) is 8.97. The molecule has 0 aromatic carbocycles. The fourth-order valence-corrected chi connectivity index (χ4v) is 1.85. The van der Waals surface area contributed by atoms with Gasteiger partial charge in [-0.3, -0.25) is 4.79 Å². The average Bonchev–Trinajstić information content (AvgIpc) is 2.43. The van der Waals surface area contributed by atoms with Crippen LogP contribution in [0.3, 0.4) is 0 Å². The molecule has 1 aliphatic heterocycles. The lowest BCUT2D eigenvalue weighted by atomic mass is 10.0. The minimum atomic E-state index is -0.0187. The molecule has 1 saturated heterocycles. The molecular formula is C9H13IO2. The highest BCUT2D eigenvalue weighted by molar-refractivity contribution is 14.1. The molecule has 0 aromatic heterocycles. The highest BCUT2D eigenvalue weighted by Crippen LogP contribution is 2.25. The molecule has 0 amide bonds. The smallest absolute Gasteiger partial charge is 0.309 e. The maximum absolute atomic E-state index is 11.2. The number of hydrogen-bond acceptors (Lipinski definition) is 2. The first kappa shape index (κ1) is 10.0. The van der Waals surface area contributed by atoms with Gasteiger partial charge in [-0.15, -0.1) is 0 Å². The Morgan fingerprint density at radius 3 is 3.00 bits per heavy atom. The van der Waals surface area contributed by atoms with Gasteiger partial charge in [-0.2, -0.15) is 0 Å². The fourth-order valence-electron chi connectivity index (χ4n) is 1.31. The summed E-state index contributed by atoms with van der Waals surface area (Å²) in [6.45, 7) is 1.97. The Bertz CT molecular complexity index is 189. The summed E-state index contributed by atoms with van der Waals surface area (Å²) >= 11 is 2.25. The van der Waals surface area contributed by atoms with Crippen LogP contribution in [-0.4, -0.2) is 16.5 Å². The number of allylic oxidation sites excluding steroid dienone is 2.